The molecule has 236 valence electrons. The number of para-hydroxylation sites is 1. The summed E-state index contributed by atoms with van der Waals surface area (Å²) in [5, 5.41) is 2.56. The molecule has 0 saturated carbocycles. The van der Waals surface area contributed by atoms with Crippen molar-refractivity contribution < 1.29 is 4.74 Å². The van der Waals surface area contributed by atoms with Crippen molar-refractivity contribution in [3.8, 4) is 33.8 Å². The first-order valence-corrected chi connectivity index (χ1v) is 17.4. The number of fused-ring (bicyclic) bond motifs is 7. The van der Waals surface area contributed by atoms with Crippen LogP contribution >= 0.6 is 0 Å². The number of benzene rings is 8. The van der Waals surface area contributed by atoms with Gasteiger partial charge in [-0.1, -0.05) is 170 Å². The van der Waals surface area contributed by atoms with E-state index >= 15 is 0 Å². The second-order valence-corrected chi connectivity index (χ2v) is 13.7. The molecule has 1 aliphatic heterocycles. The summed E-state index contributed by atoms with van der Waals surface area (Å²) < 4.78 is 6.54. The molecule has 1 aliphatic carbocycles. The zero-order valence-electron chi connectivity index (χ0n) is 27.8. The van der Waals surface area contributed by atoms with E-state index in [0.29, 0.717) is 0 Å². The summed E-state index contributed by atoms with van der Waals surface area (Å²) >= 11 is 0. The lowest BCUT2D eigenvalue weighted by atomic mass is 9.66. The highest BCUT2D eigenvalue weighted by atomic mass is 16.5. The Kier molecular flexibility index (Phi) is 6.29. The highest BCUT2D eigenvalue weighted by Gasteiger charge is 2.47. The van der Waals surface area contributed by atoms with Crippen LogP contribution in [0.15, 0.2) is 188 Å². The van der Waals surface area contributed by atoms with Crippen LogP contribution in [-0.4, -0.2) is 0 Å². The van der Waals surface area contributed by atoms with Gasteiger partial charge >= 0.3 is 0 Å². The minimum atomic E-state index is -0.466. The molecule has 50 heavy (non-hydrogen) atoms. The lowest BCUT2D eigenvalue weighted by Crippen LogP contribution is -2.29. The molecule has 8 aromatic carbocycles. The van der Waals surface area contributed by atoms with Gasteiger partial charge in [0.25, 0.3) is 0 Å². The van der Waals surface area contributed by atoms with E-state index in [9.17, 15) is 0 Å². The van der Waals surface area contributed by atoms with E-state index in [0.717, 1.165) is 11.5 Å². The van der Waals surface area contributed by atoms with Crippen molar-refractivity contribution in [3.05, 3.63) is 227 Å². The Hall–Kier alpha value is -6.18. The molecule has 0 saturated heterocycles. The van der Waals surface area contributed by atoms with Crippen molar-refractivity contribution in [3.63, 3.8) is 0 Å². The lowest BCUT2D eigenvalue weighted by molar-refractivity contribution is 0.427. The molecule has 0 aromatic heterocycles. The maximum atomic E-state index is 6.54. The van der Waals surface area contributed by atoms with Crippen LogP contribution in [0, 0.1) is 0 Å². The minimum absolute atomic E-state index is 0.364. The Labute approximate surface area is 293 Å². The van der Waals surface area contributed by atoms with E-state index in [4.69, 9.17) is 4.74 Å². The first-order valence-electron chi connectivity index (χ1n) is 17.4. The molecule has 0 bridgehead atoms. The second kappa shape index (κ2) is 10.9. The van der Waals surface area contributed by atoms with Gasteiger partial charge in [0.15, 0.2) is 0 Å². The van der Waals surface area contributed by atoms with Gasteiger partial charge in [-0.25, -0.2) is 0 Å². The highest BCUT2D eigenvalue weighted by Crippen LogP contribution is 2.58. The predicted octanol–water partition coefficient (Wildman–Crippen LogP) is 12.3. The van der Waals surface area contributed by atoms with Gasteiger partial charge in [-0.05, 0) is 86.0 Å². The fourth-order valence-electron chi connectivity index (χ4n) is 8.95. The van der Waals surface area contributed by atoms with Gasteiger partial charge in [0, 0.05) is 16.5 Å². The monoisotopic (exact) mass is 638 g/mol. The normalized spacial score (nSPS) is 18.4. The Balaban J connectivity index is 1.17. The van der Waals surface area contributed by atoms with Crippen LogP contribution in [0.1, 0.15) is 45.9 Å². The number of hydrogen-bond acceptors (Lipinski definition) is 1. The molecule has 0 N–H and O–H groups in total. The molecule has 2 aliphatic rings. The Morgan fingerprint density at radius 1 is 0.400 bits per heavy atom. The van der Waals surface area contributed by atoms with E-state index < -0.39 is 5.41 Å². The topological polar surface area (TPSA) is 9.23 Å². The molecule has 1 heterocycles. The summed E-state index contributed by atoms with van der Waals surface area (Å²) in [5.41, 5.74) is 13.0. The molecular formula is C49H34O. The largest absolute Gasteiger partial charge is 0.457 e. The summed E-state index contributed by atoms with van der Waals surface area (Å²) in [5.74, 6) is 1.82. The van der Waals surface area contributed by atoms with Crippen LogP contribution in [0.2, 0.25) is 0 Å². The standard InChI is InChI=1S/C49H34O/c1-48(36-15-4-2-5-16-36)43-22-12-13-23-45(43)50-46-31-27-35(32-44(46)48)33-24-28-38(29-25-33)49(37-17-6-3-7-18-37)42-21-11-10-20-40(42)41-30-26-34-14-8-9-19-39(34)47(41)49/h2-32H,1H3. The number of rotatable bonds is 4. The van der Waals surface area contributed by atoms with Crippen LogP contribution in [-0.2, 0) is 10.8 Å². The fraction of sp³-hybridized carbons (Fsp3) is 0.0612. The van der Waals surface area contributed by atoms with Gasteiger partial charge in [-0.3, -0.25) is 0 Å². The summed E-state index contributed by atoms with van der Waals surface area (Å²) in [4.78, 5) is 0. The first kappa shape index (κ1) is 28.8. The van der Waals surface area contributed by atoms with Crippen molar-refractivity contribution in [1.82, 2.24) is 0 Å². The van der Waals surface area contributed by atoms with Gasteiger partial charge in [-0.2, -0.15) is 0 Å². The molecule has 0 fully saturated rings. The van der Waals surface area contributed by atoms with Gasteiger partial charge in [-0.15, -0.1) is 0 Å². The maximum absolute atomic E-state index is 6.54. The summed E-state index contributed by atoms with van der Waals surface area (Å²) in [6.45, 7) is 2.33. The third-order valence-corrected chi connectivity index (χ3v) is 11.3. The zero-order valence-corrected chi connectivity index (χ0v) is 27.8. The van der Waals surface area contributed by atoms with E-state index in [2.05, 4.69) is 195 Å². The van der Waals surface area contributed by atoms with Gasteiger partial charge in [0.1, 0.15) is 11.5 Å². The van der Waals surface area contributed by atoms with Crippen molar-refractivity contribution in [2.75, 3.05) is 0 Å². The predicted molar refractivity (Wildman–Crippen MR) is 205 cm³/mol. The average Bonchev–Trinajstić information content (AvgIpc) is 3.50. The Bertz CT molecular complexity index is 2570. The Morgan fingerprint density at radius 3 is 1.80 bits per heavy atom. The third-order valence-electron chi connectivity index (χ3n) is 11.3. The van der Waals surface area contributed by atoms with Crippen LogP contribution in [0.3, 0.4) is 0 Å². The quantitative estimate of drug-likeness (QED) is 0.186. The average molecular weight is 639 g/mol. The number of ether oxygens (including phenoxy) is 1. The molecule has 8 aromatic rings. The van der Waals surface area contributed by atoms with Crippen molar-refractivity contribution >= 4 is 10.8 Å². The molecule has 2 unspecified atom stereocenters. The molecule has 1 heteroatoms. The maximum Gasteiger partial charge on any atom is 0.131 e. The SMILES string of the molecule is CC1(c2ccccc2)c2ccccc2Oc2ccc(-c3ccc(C4(c5ccccc5)c5ccccc5-c5ccc6ccccc6c54)cc3)cc21. The first-order chi connectivity index (χ1) is 24.7. The molecule has 0 spiro atoms. The molecular weight excluding hydrogens is 605 g/mol. The molecule has 2 atom stereocenters. The van der Waals surface area contributed by atoms with Crippen molar-refractivity contribution in [2.45, 2.75) is 17.8 Å². The molecule has 10 rings (SSSR count). The fourth-order valence-corrected chi connectivity index (χ4v) is 8.95. The van der Waals surface area contributed by atoms with E-state index in [1.165, 1.54) is 72.0 Å². The van der Waals surface area contributed by atoms with E-state index in [-0.39, 0.29) is 5.41 Å². The summed E-state index contributed by atoms with van der Waals surface area (Å²) in [6.07, 6.45) is 0. The van der Waals surface area contributed by atoms with E-state index in [1.54, 1.807) is 0 Å². The van der Waals surface area contributed by atoms with Gasteiger partial charge in [0.2, 0.25) is 0 Å². The molecule has 1 nitrogen and oxygen atoms in total. The molecule has 0 radical (unpaired) electrons. The van der Waals surface area contributed by atoms with Gasteiger partial charge in [0.05, 0.1) is 5.41 Å². The van der Waals surface area contributed by atoms with Crippen molar-refractivity contribution in [2.24, 2.45) is 0 Å². The number of hydrogen-bond donors (Lipinski definition) is 0. The lowest BCUT2D eigenvalue weighted by Gasteiger charge is -2.38. The Morgan fingerprint density at radius 2 is 1.00 bits per heavy atom. The van der Waals surface area contributed by atoms with Crippen LogP contribution in [0.25, 0.3) is 33.0 Å². The zero-order chi connectivity index (χ0) is 33.3. The smallest absolute Gasteiger partial charge is 0.131 e. The van der Waals surface area contributed by atoms with Crippen LogP contribution < -0.4 is 4.74 Å². The van der Waals surface area contributed by atoms with Gasteiger partial charge < -0.3 is 4.74 Å². The van der Waals surface area contributed by atoms with Crippen molar-refractivity contribution in [1.29, 1.82) is 0 Å². The van der Waals surface area contributed by atoms with E-state index in [1.807, 2.05) is 0 Å². The van der Waals surface area contributed by atoms with Crippen LogP contribution in [0.5, 0.6) is 11.5 Å². The second-order valence-electron chi connectivity index (χ2n) is 13.7. The summed E-state index contributed by atoms with van der Waals surface area (Å²) in [7, 11) is 0. The minimum Gasteiger partial charge on any atom is -0.457 e. The highest BCUT2D eigenvalue weighted by molar-refractivity contribution is 6.00. The summed E-state index contributed by atoms with van der Waals surface area (Å²) in [6, 6.07) is 68.8. The third kappa shape index (κ3) is 3.95. The molecule has 0 amide bonds. The van der Waals surface area contributed by atoms with Crippen LogP contribution in [0.4, 0.5) is 0 Å².